The Morgan fingerprint density at radius 3 is 2.65 bits per heavy atom. The van der Waals surface area contributed by atoms with Gasteiger partial charge in [0.2, 0.25) is 5.89 Å². The van der Waals surface area contributed by atoms with Gasteiger partial charge in [-0.1, -0.05) is 47.1 Å². The predicted molar refractivity (Wildman–Crippen MR) is 102 cm³/mol. The van der Waals surface area contributed by atoms with E-state index in [9.17, 15) is 4.79 Å². The molecule has 0 saturated carbocycles. The number of halogens is 1. The van der Waals surface area contributed by atoms with Crippen LogP contribution in [0.3, 0.4) is 0 Å². The summed E-state index contributed by atoms with van der Waals surface area (Å²) in [5, 5.41) is 4.44. The molecule has 0 aliphatic carbocycles. The van der Waals surface area contributed by atoms with Crippen LogP contribution in [0.5, 0.6) is 0 Å². The third kappa shape index (κ3) is 4.45. The van der Waals surface area contributed by atoms with Crippen LogP contribution >= 0.6 is 23.4 Å². The van der Waals surface area contributed by atoms with Crippen LogP contribution in [0.1, 0.15) is 27.6 Å². The minimum atomic E-state index is -0.0604. The minimum absolute atomic E-state index is 0.0604. The van der Waals surface area contributed by atoms with Crippen LogP contribution in [0.2, 0.25) is 5.02 Å². The molecule has 1 aromatic heterocycles. The molecule has 0 spiro atoms. The minimum Gasteiger partial charge on any atom is -0.338 e. The van der Waals surface area contributed by atoms with E-state index in [0.29, 0.717) is 34.6 Å². The SMILES string of the molecule is Cc1noc(CSc2ccccc2C(=O)N(C)Cc2ccccc2Cl)n1. The monoisotopic (exact) mass is 387 g/mol. The van der Waals surface area contributed by atoms with Gasteiger partial charge in [-0.15, -0.1) is 11.8 Å². The van der Waals surface area contributed by atoms with E-state index in [1.54, 1.807) is 18.9 Å². The maximum atomic E-state index is 12.9. The molecule has 2 aromatic carbocycles. The lowest BCUT2D eigenvalue weighted by atomic mass is 10.1. The Kier molecular flexibility index (Phi) is 5.96. The average molecular weight is 388 g/mol. The van der Waals surface area contributed by atoms with E-state index < -0.39 is 0 Å². The van der Waals surface area contributed by atoms with Crippen molar-refractivity contribution >= 4 is 29.3 Å². The highest BCUT2D eigenvalue weighted by molar-refractivity contribution is 7.98. The van der Waals surface area contributed by atoms with Crippen molar-refractivity contribution in [3.8, 4) is 0 Å². The first-order valence-corrected chi connectivity index (χ1v) is 9.41. The summed E-state index contributed by atoms with van der Waals surface area (Å²) < 4.78 is 5.13. The molecule has 26 heavy (non-hydrogen) atoms. The van der Waals surface area contributed by atoms with Gasteiger partial charge in [0.1, 0.15) is 0 Å². The van der Waals surface area contributed by atoms with E-state index >= 15 is 0 Å². The molecule has 0 fully saturated rings. The fourth-order valence-electron chi connectivity index (χ4n) is 2.47. The van der Waals surface area contributed by atoms with Gasteiger partial charge in [-0.05, 0) is 30.7 Å². The number of hydrogen-bond donors (Lipinski definition) is 0. The van der Waals surface area contributed by atoms with Gasteiger partial charge in [0.05, 0.1) is 11.3 Å². The lowest BCUT2D eigenvalue weighted by Gasteiger charge is -2.19. The molecule has 1 amide bonds. The molecule has 0 N–H and O–H groups in total. The van der Waals surface area contributed by atoms with Crippen LogP contribution in [0.15, 0.2) is 57.9 Å². The van der Waals surface area contributed by atoms with Gasteiger partial charge in [-0.3, -0.25) is 4.79 Å². The van der Waals surface area contributed by atoms with Crippen molar-refractivity contribution in [3.05, 3.63) is 76.4 Å². The number of benzene rings is 2. The highest BCUT2D eigenvalue weighted by Gasteiger charge is 2.17. The summed E-state index contributed by atoms with van der Waals surface area (Å²) in [4.78, 5) is 19.6. The van der Waals surface area contributed by atoms with Gasteiger partial charge >= 0.3 is 0 Å². The Labute approximate surface area is 161 Å². The van der Waals surface area contributed by atoms with Gasteiger partial charge in [-0.25, -0.2) is 0 Å². The van der Waals surface area contributed by atoms with Gasteiger partial charge in [0.15, 0.2) is 5.82 Å². The van der Waals surface area contributed by atoms with Crippen molar-refractivity contribution in [1.29, 1.82) is 0 Å². The molecule has 0 radical (unpaired) electrons. The number of amides is 1. The third-order valence-corrected chi connectivity index (χ3v) is 5.18. The third-order valence-electron chi connectivity index (χ3n) is 3.75. The first kappa shape index (κ1) is 18.5. The van der Waals surface area contributed by atoms with Crippen LogP contribution in [-0.4, -0.2) is 28.0 Å². The number of aromatic nitrogens is 2. The molecule has 5 nitrogen and oxygen atoms in total. The zero-order valence-corrected chi connectivity index (χ0v) is 16.0. The van der Waals surface area contributed by atoms with E-state index in [1.165, 1.54) is 11.8 Å². The first-order valence-electron chi connectivity index (χ1n) is 8.04. The Morgan fingerprint density at radius 1 is 1.19 bits per heavy atom. The first-order chi connectivity index (χ1) is 12.5. The summed E-state index contributed by atoms with van der Waals surface area (Å²) in [5.41, 5.74) is 1.56. The van der Waals surface area contributed by atoms with E-state index in [-0.39, 0.29) is 5.91 Å². The maximum absolute atomic E-state index is 12.9. The molecule has 7 heteroatoms. The largest absolute Gasteiger partial charge is 0.338 e. The summed E-state index contributed by atoms with van der Waals surface area (Å²) >= 11 is 7.70. The Bertz CT molecular complexity index is 913. The van der Waals surface area contributed by atoms with Crippen molar-refractivity contribution in [1.82, 2.24) is 15.0 Å². The van der Waals surface area contributed by atoms with Crippen molar-refractivity contribution < 1.29 is 9.32 Å². The molecule has 0 aliphatic rings. The number of thioether (sulfide) groups is 1. The number of nitrogens with zero attached hydrogens (tertiary/aromatic N) is 3. The van der Waals surface area contributed by atoms with Crippen LogP contribution < -0.4 is 0 Å². The van der Waals surface area contributed by atoms with Crippen molar-refractivity contribution in [3.63, 3.8) is 0 Å². The summed E-state index contributed by atoms with van der Waals surface area (Å²) in [5.74, 6) is 1.60. The predicted octanol–water partition coefficient (Wildman–Crippen LogP) is 4.60. The quantitative estimate of drug-likeness (QED) is 0.578. The second-order valence-corrected chi connectivity index (χ2v) is 7.20. The zero-order valence-electron chi connectivity index (χ0n) is 14.5. The molecule has 0 bridgehead atoms. The molecule has 0 saturated heterocycles. The lowest BCUT2D eigenvalue weighted by molar-refractivity contribution is 0.0781. The van der Waals surface area contributed by atoms with Crippen LogP contribution in [-0.2, 0) is 12.3 Å². The zero-order chi connectivity index (χ0) is 18.5. The molecular formula is C19H18ClN3O2S. The van der Waals surface area contributed by atoms with Crippen LogP contribution in [0.25, 0.3) is 0 Å². The highest BCUT2D eigenvalue weighted by atomic mass is 35.5. The van der Waals surface area contributed by atoms with Gasteiger partial charge in [-0.2, -0.15) is 4.98 Å². The fourth-order valence-corrected chi connectivity index (χ4v) is 3.54. The summed E-state index contributed by atoms with van der Waals surface area (Å²) in [6.45, 7) is 2.22. The molecule has 1 heterocycles. The Hall–Kier alpha value is -2.31. The van der Waals surface area contributed by atoms with Gasteiger partial charge in [0, 0.05) is 23.5 Å². The number of carbonyl (C=O) groups excluding carboxylic acids is 1. The molecular weight excluding hydrogens is 370 g/mol. The normalized spacial score (nSPS) is 10.7. The molecule has 134 valence electrons. The molecule has 3 rings (SSSR count). The number of hydrogen-bond acceptors (Lipinski definition) is 5. The van der Waals surface area contributed by atoms with Crippen molar-refractivity contribution in [2.45, 2.75) is 24.1 Å². The van der Waals surface area contributed by atoms with E-state index in [4.69, 9.17) is 16.1 Å². The van der Waals surface area contributed by atoms with Crippen LogP contribution in [0, 0.1) is 6.92 Å². The standard InChI is InChI=1S/C19H18ClN3O2S/c1-13-21-18(25-22-13)12-26-17-10-6-4-8-15(17)19(24)23(2)11-14-7-3-5-9-16(14)20/h3-10H,11-12H2,1-2H3. The van der Waals surface area contributed by atoms with Crippen molar-refractivity contribution in [2.75, 3.05) is 7.05 Å². The lowest BCUT2D eigenvalue weighted by Crippen LogP contribution is -2.26. The summed E-state index contributed by atoms with van der Waals surface area (Å²) in [6, 6.07) is 15.0. The van der Waals surface area contributed by atoms with Gasteiger partial charge < -0.3 is 9.42 Å². The number of aryl methyl sites for hydroxylation is 1. The van der Waals surface area contributed by atoms with Crippen molar-refractivity contribution in [2.24, 2.45) is 0 Å². The molecule has 0 unspecified atom stereocenters. The number of carbonyl (C=O) groups is 1. The molecule has 0 atom stereocenters. The molecule has 0 aliphatic heterocycles. The maximum Gasteiger partial charge on any atom is 0.255 e. The summed E-state index contributed by atoms with van der Waals surface area (Å²) in [6.07, 6.45) is 0. The van der Waals surface area contributed by atoms with E-state index in [0.717, 1.165) is 10.5 Å². The van der Waals surface area contributed by atoms with E-state index in [1.807, 2.05) is 48.5 Å². The number of rotatable bonds is 6. The van der Waals surface area contributed by atoms with E-state index in [2.05, 4.69) is 10.1 Å². The Morgan fingerprint density at radius 2 is 1.92 bits per heavy atom. The smallest absolute Gasteiger partial charge is 0.255 e. The summed E-state index contributed by atoms with van der Waals surface area (Å²) in [7, 11) is 1.77. The second kappa shape index (κ2) is 8.38. The Balaban J connectivity index is 1.73. The van der Waals surface area contributed by atoms with Crippen LogP contribution in [0.4, 0.5) is 0 Å². The second-order valence-electron chi connectivity index (χ2n) is 5.77. The average Bonchev–Trinajstić information content (AvgIpc) is 3.07. The highest BCUT2D eigenvalue weighted by Crippen LogP contribution is 2.27. The van der Waals surface area contributed by atoms with Gasteiger partial charge in [0.25, 0.3) is 5.91 Å². The fraction of sp³-hybridized carbons (Fsp3) is 0.211. The molecule has 3 aromatic rings. The topological polar surface area (TPSA) is 59.2 Å².